The minimum absolute atomic E-state index is 0.0545. The van der Waals surface area contributed by atoms with Gasteiger partial charge in [-0.15, -0.1) is 0 Å². The highest BCUT2D eigenvalue weighted by atomic mass is 32.1. The van der Waals surface area contributed by atoms with Crippen molar-refractivity contribution in [2.45, 2.75) is 25.6 Å². The Kier molecular flexibility index (Phi) is 6.48. The molecule has 1 aromatic heterocycles. The number of hydrogen-bond acceptors (Lipinski definition) is 6. The van der Waals surface area contributed by atoms with Crippen molar-refractivity contribution in [1.29, 1.82) is 0 Å². The number of aliphatic hydroxyl groups is 1. The lowest BCUT2D eigenvalue weighted by Gasteiger charge is -2.19. The number of benzene rings is 3. The Morgan fingerprint density at radius 1 is 1.06 bits per heavy atom. The zero-order chi connectivity index (χ0) is 25.4. The highest BCUT2D eigenvalue weighted by molar-refractivity contribution is 7.13. The van der Waals surface area contributed by atoms with Crippen LogP contribution in [0.5, 0.6) is 0 Å². The van der Waals surface area contributed by atoms with Crippen LogP contribution in [-0.4, -0.2) is 34.3 Å². The number of aliphatic hydroxyl groups excluding tert-OH is 1. The van der Waals surface area contributed by atoms with Gasteiger partial charge in [0.1, 0.15) is 11.9 Å². The lowest BCUT2D eigenvalue weighted by molar-refractivity contribution is 0.0882. The molecule has 2 amide bonds. The van der Waals surface area contributed by atoms with Crippen LogP contribution >= 0.6 is 11.5 Å². The minimum Gasteiger partial charge on any atom is -0.374 e. The predicted octanol–water partition coefficient (Wildman–Crippen LogP) is 4.54. The molecule has 1 aliphatic rings. The molecule has 0 spiro atoms. The summed E-state index contributed by atoms with van der Waals surface area (Å²) in [7, 11) is 0. The number of aromatic nitrogens is 1. The molecule has 36 heavy (non-hydrogen) atoms. The summed E-state index contributed by atoms with van der Waals surface area (Å²) >= 11 is 1.21. The number of halogens is 2. The number of rotatable bonds is 6. The van der Waals surface area contributed by atoms with Crippen LogP contribution in [-0.2, 0) is 0 Å². The van der Waals surface area contributed by atoms with Gasteiger partial charge < -0.3 is 15.7 Å². The van der Waals surface area contributed by atoms with E-state index in [1.54, 1.807) is 6.07 Å². The zero-order valence-electron chi connectivity index (χ0n) is 19.1. The standard InChI is InChI=1S/C26H22F2N4O3S/c1-13-6-2-3-7-14(13)22-21-17(30-26(35)23-15-8-4-5-9-18(15)36-32-23)11-10-16(20(21)25(34)31-22)24(33)29-12-19(27)28/h2-11,19,22,25,31,34H,12H2,1H3,(H,29,33)(H,30,35). The fourth-order valence-electron chi connectivity index (χ4n) is 4.53. The van der Waals surface area contributed by atoms with Crippen molar-refractivity contribution in [1.82, 2.24) is 15.0 Å². The van der Waals surface area contributed by atoms with Crippen molar-refractivity contribution in [3.05, 3.63) is 94.2 Å². The van der Waals surface area contributed by atoms with Crippen LogP contribution in [0.4, 0.5) is 14.5 Å². The molecule has 10 heteroatoms. The van der Waals surface area contributed by atoms with E-state index < -0.39 is 37.1 Å². The first-order chi connectivity index (χ1) is 17.3. The Morgan fingerprint density at radius 2 is 1.81 bits per heavy atom. The molecule has 0 bridgehead atoms. The average Bonchev–Trinajstić information content (AvgIpc) is 3.45. The SMILES string of the molecule is Cc1ccccc1C1NC(O)c2c(C(=O)NCC(F)F)ccc(NC(=O)c3nsc4ccccc34)c21. The first kappa shape index (κ1) is 24.0. The highest BCUT2D eigenvalue weighted by Crippen LogP contribution is 2.43. The molecule has 4 aromatic rings. The van der Waals surface area contributed by atoms with Gasteiger partial charge in [-0.2, -0.15) is 4.37 Å². The van der Waals surface area contributed by atoms with E-state index in [9.17, 15) is 23.5 Å². The molecule has 3 aromatic carbocycles. The molecule has 5 rings (SSSR count). The monoisotopic (exact) mass is 508 g/mol. The maximum absolute atomic E-state index is 13.3. The summed E-state index contributed by atoms with van der Waals surface area (Å²) in [4.78, 5) is 26.0. The van der Waals surface area contributed by atoms with E-state index in [1.807, 2.05) is 55.5 Å². The van der Waals surface area contributed by atoms with Crippen molar-refractivity contribution in [2.75, 3.05) is 11.9 Å². The van der Waals surface area contributed by atoms with Crippen LogP contribution in [0.15, 0.2) is 60.7 Å². The van der Waals surface area contributed by atoms with Gasteiger partial charge in [-0.1, -0.05) is 42.5 Å². The van der Waals surface area contributed by atoms with Crippen LogP contribution in [0.25, 0.3) is 10.1 Å². The summed E-state index contributed by atoms with van der Waals surface area (Å²) in [5.41, 5.74) is 3.21. The van der Waals surface area contributed by atoms with Crippen molar-refractivity contribution in [3.63, 3.8) is 0 Å². The fraction of sp³-hybridized carbons (Fsp3) is 0.192. The minimum atomic E-state index is -2.71. The summed E-state index contributed by atoms with van der Waals surface area (Å²) in [6.07, 6.45) is -3.97. The first-order valence-corrected chi connectivity index (χ1v) is 12.0. The normalized spacial score (nSPS) is 16.8. The Labute approximate surface area is 209 Å². The Bertz CT molecular complexity index is 1470. The van der Waals surface area contributed by atoms with Gasteiger partial charge in [-0.05, 0) is 47.8 Å². The van der Waals surface area contributed by atoms with Crippen molar-refractivity contribution in [3.8, 4) is 0 Å². The molecule has 2 unspecified atom stereocenters. The maximum atomic E-state index is 13.3. The quantitative estimate of drug-likeness (QED) is 0.306. The number of aryl methyl sites for hydroxylation is 1. The van der Waals surface area contributed by atoms with Crippen molar-refractivity contribution in [2.24, 2.45) is 0 Å². The van der Waals surface area contributed by atoms with Gasteiger partial charge in [-0.25, -0.2) is 8.78 Å². The second-order valence-electron chi connectivity index (χ2n) is 8.43. The van der Waals surface area contributed by atoms with Crippen LogP contribution in [0.2, 0.25) is 0 Å². The smallest absolute Gasteiger partial charge is 0.276 e. The Morgan fingerprint density at radius 3 is 2.58 bits per heavy atom. The molecule has 7 nitrogen and oxygen atoms in total. The molecule has 0 fully saturated rings. The molecule has 184 valence electrons. The topological polar surface area (TPSA) is 103 Å². The number of amides is 2. The lowest BCUT2D eigenvalue weighted by atomic mass is 9.91. The number of nitrogens with zero attached hydrogens (tertiary/aromatic N) is 1. The van der Waals surface area contributed by atoms with E-state index in [0.29, 0.717) is 16.6 Å². The molecule has 2 heterocycles. The molecule has 0 saturated heterocycles. The zero-order valence-corrected chi connectivity index (χ0v) is 19.9. The van der Waals surface area contributed by atoms with Crippen molar-refractivity contribution < 1.29 is 23.5 Å². The number of carbonyl (C=O) groups is 2. The largest absolute Gasteiger partial charge is 0.374 e. The van der Waals surface area contributed by atoms with E-state index in [0.717, 1.165) is 15.8 Å². The highest BCUT2D eigenvalue weighted by Gasteiger charge is 2.37. The fourth-order valence-corrected chi connectivity index (χ4v) is 5.30. The van der Waals surface area contributed by atoms with Gasteiger partial charge in [0.25, 0.3) is 18.2 Å². The molecule has 1 aliphatic heterocycles. The van der Waals surface area contributed by atoms with Crippen LogP contribution in [0.3, 0.4) is 0 Å². The Balaban J connectivity index is 1.60. The number of nitrogens with one attached hydrogen (secondary N) is 3. The second-order valence-corrected chi connectivity index (χ2v) is 9.23. The lowest BCUT2D eigenvalue weighted by Crippen LogP contribution is -2.30. The molecule has 2 atom stereocenters. The van der Waals surface area contributed by atoms with E-state index in [4.69, 9.17) is 0 Å². The predicted molar refractivity (Wildman–Crippen MR) is 133 cm³/mol. The third-order valence-electron chi connectivity index (χ3n) is 6.18. The first-order valence-electron chi connectivity index (χ1n) is 11.2. The van der Waals surface area contributed by atoms with Gasteiger partial charge in [0.15, 0.2) is 0 Å². The van der Waals surface area contributed by atoms with Gasteiger partial charge >= 0.3 is 0 Å². The van der Waals surface area contributed by atoms with Gasteiger partial charge in [-0.3, -0.25) is 14.9 Å². The molecular weight excluding hydrogens is 486 g/mol. The number of hydrogen-bond donors (Lipinski definition) is 4. The van der Waals surface area contributed by atoms with Crippen LogP contribution in [0, 0.1) is 6.92 Å². The maximum Gasteiger partial charge on any atom is 0.276 e. The van der Waals surface area contributed by atoms with Gasteiger partial charge in [0.05, 0.1) is 17.3 Å². The van der Waals surface area contributed by atoms with E-state index in [-0.39, 0.29) is 16.8 Å². The van der Waals surface area contributed by atoms with Gasteiger partial charge in [0, 0.05) is 27.8 Å². The summed E-state index contributed by atoms with van der Waals surface area (Å²) < 4.78 is 30.6. The number of fused-ring (bicyclic) bond motifs is 2. The summed E-state index contributed by atoms with van der Waals surface area (Å²) in [6, 6.07) is 17.3. The average molecular weight is 509 g/mol. The number of anilines is 1. The number of alkyl halides is 2. The summed E-state index contributed by atoms with van der Waals surface area (Å²) in [6.45, 7) is 1.11. The molecule has 0 radical (unpaired) electrons. The van der Waals surface area contributed by atoms with Crippen LogP contribution in [0.1, 0.15) is 55.4 Å². The third-order valence-corrected chi connectivity index (χ3v) is 7.00. The van der Waals surface area contributed by atoms with E-state index >= 15 is 0 Å². The molecule has 0 aliphatic carbocycles. The van der Waals surface area contributed by atoms with E-state index in [1.165, 1.54) is 17.6 Å². The summed E-state index contributed by atoms with van der Waals surface area (Å²) in [5, 5.41) is 19.8. The van der Waals surface area contributed by atoms with Crippen LogP contribution < -0.4 is 16.0 Å². The Hall–Kier alpha value is -3.73. The van der Waals surface area contributed by atoms with Crippen molar-refractivity contribution >= 4 is 39.1 Å². The summed E-state index contributed by atoms with van der Waals surface area (Å²) in [5.74, 6) is -1.17. The third kappa shape index (κ3) is 4.34. The van der Waals surface area contributed by atoms with E-state index in [2.05, 4.69) is 20.3 Å². The second kappa shape index (κ2) is 9.73. The number of carbonyl (C=O) groups excluding carboxylic acids is 2. The molecule has 0 saturated carbocycles. The van der Waals surface area contributed by atoms with Gasteiger partial charge in [0.2, 0.25) is 0 Å². The molecule has 4 N–H and O–H groups in total. The molecular formula is C26H22F2N4O3S.